The van der Waals surface area contributed by atoms with Crippen molar-refractivity contribution in [1.82, 2.24) is 30.0 Å². The molecule has 1 saturated heterocycles. The second kappa shape index (κ2) is 9.14. The molecule has 3 aromatic rings. The van der Waals surface area contributed by atoms with Crippen molar-refractivity contribution in [2.75, 3.05) is 5.32 Å². The van der Waals surface area contributed by atoms with Crippen molar-refractivity contribution in [2.24, 2.45) is 0 Å². The molecule has 2 unspecified atom stereocenters. The van der Waals surface area contributed by atoms with Gasteiger partial charge in [-0.05, 0) is 39.3 Å². The van der Waals surface area contributed by atoms with Crippen molar-refractivity contribution >= 4 is 28.7 Å². The normalized spacial score (nSPS) is 18.4. The van der Waals surface area contributed by atoms with E-state index in [-0.39, 0.29) is 22.9 Å². The molecule has 1 fully saturated rings. The first kappa shape index (κ1) is 22.7. The number of nitrogens with one attached hydrogen (secondary N) is 3. The molecule has 1 aliphatic rings. The Hall–Kier alpha value is -3.53. The standard InChI is InChI=1S/C23H29N7O3/c1-5-7-15-11-19(31)27-23(25-15)30-18(10-14(4)28-30)26-22(33)17-12-29(6-2)21-16(20(17)32)9-8-13(3)24-21/h8-10,12,15,23,25H,5-7,11H2,1-4H3,(H,26,33)(H,27,31). The Labute approximate surface area is 191 Å². The van der Waals surface area contributed by atoms with Crippen LogP contribution >= 0.6 is 0 Å². The Morgan fingerprint density at radius 3 is 2.73 bits per heavy atom. The molecule has 33 heavy (non-hydrogen) atoms. The molecule has 0 spiro atoms. The van der Waals surface area contributed by atoms with Crippen LogP contribution < -0.4 is 21.4 Å². The molecular formula is C23H29N7O3. The summed E-state index contributed by atoms with van der Waals surface area (Å²) in [5.41, 5.74) is 1.66. The van der Waals surface area contributed by atoms with E-state index in [9.17, 15) is 14.4 Å². The van der Waals surface area contributed by atoms with E-state index < -0.39 is 12.2 Å². The van der Waals surface area contributed by atoms with Crippen molar-refractivity contribution in [3.63, 3.8) is 0 Å². The minimum atomic E-state index is -0.595. The molecule has 0 saturated carbocycles. The van der Waals surface area contributed by atoms with Crippen molar-refractivity contribution < 1.29 is 9.59 Å². The highest BCUT2D eigenvalue weighted by molar-refractivity contribution is 6.05. The number of carbonyl (C=O) groups is 2. The van der Waals surface area contributed by atoms with Crippen LogP contribution in [0.5, 0.6) is 0 Å². The van der Waals surface area contributed by atoms with E-state index in [1.165, 1.54) is 10.9 Å². The molecule has 0 radical (unpaired) electrons. The summed E-state index contributed by atoms with van der Waals surface area (Å²) in [6.45, 7) is 8.21. The third kappa shape index (κ3) is 4.51. The monoisotopic (exact) mass is 451 g/mol. The van der Waals surface area contributed by atoms with Gasteiger partial charge in [0, 0.05) is 37.0 Å². The predicted octanol–water partition coefficient (Wildman–Crippen LogP) is 2.22. The Bertz CT molecular complexity index is 1280. The summed E-state index contributed by atoms with van der Waals surface area (Å²) in [7, 11) is 0. The van der Waals surface area contributed by atoms with Crippen molar-refractivity contribution in [3.05, 3.63) is 51.6 Å². The van der Waals surface area contributed by atoms with Crippen molar-refractivity contribution in [2.45, 2.75) is 65.8 Å². The van der Waals surface area contributed by atoms with Gasteiger partial charge in [0.05, 0.1) is 11.1 Å². The average molecular weight is 452 g/mol. The third-order valence-electron chi connectivity index (χ3n) is 5.75. The van der Waals surface area contributed by atoms with Crippen molar-refractivity contribution in [3.8, 4) is 0 Å². The second-order valence-electron chi connectivity index (χ2n) is 8.38. The SMILES string of the molecule is CCCC1CC(=O)NC(n2nc(C)cc2NC(=O)c2cn(CC)c3nc(C)ccc3c2=O)N1. The first-order chi connectivity index (χ1) is 15.8. The quantitative estimate of drug-likeness (QED) is 0.528. The van der Waals surface area contributed by atoms with Crippen LogP contribution in [-0.4, -0.2) is 37.2 Å². The molecule has 3 N–H and O–H groups in total. The van der Waals surface area contributed by atoms with Gasteiger partial charge in [-0.25, -0.2) is 9.67 Å². The van der Waals surface area contributed by atoms with E-state index in [4.69, 9.17) is 0 Å². The Morgan fingerprint density at radius 1 is 1.21 bits per heavy atom. The van der Waals surface area contributed by atoms with E-state index in [0.29, 0.717) is 35.5 Å². The Morgan fingerprint density at radius 2 is 2.00 bits per heavy atom. The number of pyridine rings is 2. The average Bonchev–Trinajstić information content (AvgIpc) is 3.13. The zero-order chi connectivity index (χ0) is 23.7. The number of anilines is 1. The van der Waals surface area contributed by atoms with Gasteiger partial charge in [0.2, 0.25) is 11.3 Å². The van der Waals surface area contributed by atoms with Crippen LogP contribution in [0, 0.1) is 13.8 Å². The lowest BCUT2D eigenvalue weighted by Gasteiger charge is -2.32. The summed E-state index contributed by atoms with van der Waals surface area (Å²) in [5, 5.41) is 13.9. The number of carbonyl (C=O) groups excluding carboxylic acids is 2. The van der Waals surface area contributed by atoms with E-state index in [1.807, 2.05) is 13.8 Å². The van der Waals surface area contributed by atoms with Gasteiger partial charge in [-0.3, -0.25) is 19.7 Å². The highest BCUT2D eigenvalue weighted by atomic mass is 16.2. The number of nitrogens with zero attached hydrogens (tertiary/aromatic N) is 4. The van der Waals surface area contributed by atoms with Gasteiger partial charge < -0.3 is 15.2 Å². The zero-order valence-electron chi connectivity index (χ0n) is 19.3. The lowest BCUT2D eigenvalue weighted by Crippen LogP contribution is -2.53. The summed E-state index contributed by atoms with van der Waals surface area (Å²) in [4.78, 5) is 43.0. The molecule has 4 heterocycles. The van der Waals surface area contributed by atoms with Gasteiger partial charge in [-0.2, -0.15) is 5.10 Å². The summed E-state index contributed by atoms with van der Waals surface area (Å²) < 4.78 is 3.33. The number of aromatic nitrogens is 4. The number of rotatable bonds is 6. The van der Waals surface area contributed by atoms with Gasteiger partial charge in [0.25, 0.3) is 5.91 Å². The zero-order valence-corrected chi connectivity index (χ0v) is 19.3. The lowest BCUT2D eigenvalue weighted by atomic mass is 10.1. The van der Waals surface area contributed by atoms with Crippen LogP contribution in [-0.2, 0) is 11.3 Å². The molecule has 3 aromatic heterocycles. The Kier molecular flexibility index (Phi) is 6.28. The summed E-state index contributed by atoms with van der Waals surface area (Å²) in [5.74, 6) is -0.235. The molecule has 0 bridgehead atoms. The fourth-order valence-corrected chi connectivity index (χ4v) is 4.18. The third-order valence-corrected chi connectivity index (χ3v) is 5.75. The predicted molar refractivity (Wildman–Crippen MR) is 125 cm³/mol. The highest BCUT2D eigenvalue weighted by Crippen LogP contribution is 2.20. The lowest BCUT2D eigenvalue weighted by molar-refractivity contribution is -0.125. The van der Waals surface area contributed by atoms with Crippen LogP contribution in [0.1, 0.15) is 61.1 Å². The van der Waals surface area contributed by atoms with Crippen LogP contribution in [0.2, 0.25) is 0 Å². The maximum Gasteiger partial charge on any atom is 0.262 e. The van der Waals surface area contributed by atoms with Crippen molar-refractivity contribution in [1.29, 1.82) is 0 Å². The van der Waals surface area contributed by atoms with Crippen LogP contribution in [0.3, 0.4) is 0 Å². The first-order valence-corrected chi connectivity index (χ1v) is 11.2. The summed E-state index contributed by atoms with van der Waals surface area (Å²) in [6, 6.07) is 5.19. The summed E-state index contributed by atoms with van der Waals surface area (Å²) >= 11 is 0. The molecule has 4 rings (SSSR count). The Balaban J connectivity index is 1.67. The second-order valence-corrected chi connectivity index (χ2v) is 8.38. The molecule has 10 heteroatoms. The fourth-order valence-electron chi connectivity index (χ4n) is 4.18. The molecular weight excluding hydrogens is 422 g/mol. The topological polar surface area (TPSA) is 123 Å². The van der Waals surface area contributed by atoms with Gasteiger partial charge >= 0.3 is 0 Å². The van der Waals surface area contributed by atoms with Gasteiger partial charge in [0.15, 0.2) is 6.29 Å². The number of amides is 2. The highest BCUT2D eigenvalue weighted by Gasteiger charge is 2.29. The largest absolute Gasteiger partial charge is 0.332 e. The molecule has 174 valence electrons. The first-order valence-electron chi connectivity index (χ1n) is 11.2. The van der Waals surface area contributed by atoms with E-state index in [1.54, 1.807) is 29.7 Å². The van der Waals surface area contributed by atoms with E-state index in [0.717, 1.165) is 18.5 Å². The number of hydrogen-bond donors (Lipinski definition) is 3. The maximum absolute atomic E-state index is 13.2. The van der Waals surface area contributed by atoms with Gasteiger partial charge in [-0.15, -0.1) is 0 Å². The van der Waals surface area contributed by atoms with E-state index >= 15 is 0 Å². The van der Waals surface area contributed by atoms with Crippen LogP contribution in [0.4, 0.5) is 5.82 Å². The molecule has 0 aliphatic carbocycles. The molecule has 2 atom stereocenters. The number of hydrogen-bond acceptors (Lipinski definition) is 6. The minimum Gasteiger partial charge on any atom is -0.332 e. The summed E-state index contributed by atoms with van der Waals surface area (Å²) in [6.07, 6.45) is 3.14. The molecule has 0 aromatic carbocycles. The van der Waals surface area contributed by atoms with Gasteiger partial charge in [-0.1, -0.05) is 13.3 Å². The molecule has 1 aliphatic heterocycles. The maximum atomic E-state index is 13.2. The minimum absolute atomic E-state index is 0.0184. The smallest absolute Gasteiger partial charge is 0.262 e. The number of fused-ring (bicyclic) bond motifs is 1. The van der Waals surface area contributed by atoms with Crippen LogP contribution in [0.25, 0.3) is 11.0 Å². The fraction of sp³-hybridized carbons (Fsp3) is 0.435. The van der Waals surface area contributed by atoms with Crippen LogP contribution in [0.15, 0.2) is 29.2 Å². The molecule has 2 amide bonds. The number of aryl methyl sites for hydroxylation is 3. The van der Waals surface area contributed by atoms with Gasteiger partial charge in [0.1, 0.15) is 17.0 Å². The van der Waals surface area contributed by atoms with E-state index in [2.05, 4.69) is 33.0 Å². The molecule has 10 nitrogen and oxygen atoms in total.